The zero-order valence-corrected chi connectivity index (χ0v) is 9.26. The number of unbranched alkanes of at least 4 members (excludes halogenated alkanes) is 1. The van der Waals surface area contributed by atoms with Crippen LogP contribution in [-0.4, -0.2) is 6.04 Å². The molecular weight excluding hydrogens is 158 g/mol. The number of rotatable bonds is 5. The minimum absolute atomic E-state index is 0.405. The molecule has 1 aliphatic carbocycles. The van der Waals surface area contributed by atoms with Gasteiger partial charge in [-0.15, -0.1) is 0 Å². The van der Waals surface area contributed by atoms with Gasteiger partial charge in [0, 0.05) is 6.04 Å². The van der Waals surface area contributed by atoms with E-state index in [1.54, 1.807) is 0 Å². The molecule has 78 valence electrons. The second-order valence-corrected chi connectivity index (χ2v) is 5.05. The van der Waals surface area contributed by atoms with Crippen LogP contribution in [0.4, 0.5) is 0 Å². The second-order valence-electron chi connectivity index (χ2n) is 5.05. The molecule has 1 fully saturated rings. The first kappa shape index (κ1) is 11.0. The van der Waals surface area contributed by atoms with Crippen LogP contribution in [0.5, 0.6) is 0 Å². The van der Waals surface area contributed by atoms with Crippen molar-refractivity contribution < 1.29 is 0 Å². The highest BCUT2D eigenvalue weighted by Crippen LogP contribution is 2.33. The van der Waals surface area contributed by atoms with Crippen molar-refractivity contribution in [1.29, 1.82) is 0 Å². The molecular formula is C12H25N. The smallest absolute Gasteiger partial charge is 0.00104 e. The van der Waals surface area contributed by atoms with Crippen molar-refractivity contribution in [3.63, 3.8) is 0 Å². The van der Waals surface area contributed by atoms with Crippen molar-refractivity contribution in [2.45, 2.75) is 64.8 Å². The minimum atomic E-state index is 0.405. The molecule has 0 amide bonds. The molecule has 13 heavy (non-hydrogen) atoms. The Labute approximate surface area is 83.1 Å². The maximum absolute atomic E-state index is 5.71. The zero-order valence-electron chi connectivity index (χ0n) is 9.26. The van der Waals surface area contributed by atoms with Gasteiger partial charge in [0.05, 0.1) is 0 Å². The standard InChI is InChI=1S/C12H25N/c1-10-7-8-12(9-10)6-4-3-5-11(2)13/h10-12H,3-9,13H2,1-2H3/t10-,11+,12?/m0/s1. The van der Waals surface area contributed by atoms with E-state index < -0.39 is 0 Å². The van der Waals surface area contributed by atoms with Gasteiger partial charge in [-0.05, 0) is 31.6 Å². The van der Waals surface area contributed by atoms with E-state index in [2.05, 4.69) is 13.8 Å². The van der Waals surface area contributed by atoms with Gasteiger partial charge in [-0.25, -0.2) is 0 Å². The molecule has 0 aromatic heterocycles. The first-order valence-electron chi connectivity index (χ1n) is 5.94. The second kappa shape index (κ2) is 5.64. The van der Waals surface area contributed by atoms with E-state index in [9.17, 15) is 0 Å². The maximum Gasteiger partial charge on any atom is 0.00104 e. The Bertz CT molecular complexity index is 131. The Morgan fingerprint density at radius 1 is 1.31 bits per heavy atom. The lowest BCUT2D eigenvalue weighted by molar-refractivity contribution is 0.445. The molecule has 0 spiro atoms. The van der Waals surface area contributed by atoms with Gasteiger partial charge in [0.15, 0.2) is 0 Å². The van der Waals surface area contributed by atoms with Crippen molar-refractivity contribution in [3.05, 3.63) is 0 Å². The maximum atomic E-state index is 5.71. The molecule has 1 saturated carbocycles. The molecule has 0 aromatic rings. The van der Waals surface area contributed by atoms with E-state index >= 15 is 0 Å². The number of hydrogen-bond donors (Lipinski definition) is 1. The summed E-state index contributed by atoms with van der Waals surface area (Å²) >= 11 is 0. The van der Waals surface area contributed by atoms with Crippen LogP contribution in [0.3, 0.4) is 0 Å². The van der Waals surface area contributed by atoms with Crippen molar-refractivity contribution in [2.75, 3.05) is 0 Å². The first-order valence-corrected chi connectivity index (χ1v) is 5.94. The predicted octanol–water partition coefficient (Wildman–Crippen LogP) is 3.33. The molecule has 0 radical (unpaired) electrons. The summed E-state index contributed by atoms with van der Waals surface area (Å²) in [5, 5.41) is 0. The Kier molecular flexibility index (Phi) is 4.79. The third-order valence-corrected chi connectivity index (χ3v) is 3.33. The van der Waals surface area contributed by atoms with Crippen LogP contribution in [0.2, 0.25) is 0 Å². The summed E-state index contributed by atoms with van der Waals surface area (Å²) in [6, 6.07) is 0.405. The fourth-order valence-electron chi connectivity index (χ4n) is 2.49. The van der Waals surface area contributed by atoms with Crippen LogP contribution in [0.25, 0.3) is 0 Å². The molecule has 1 unspecified atom stereocenters. The normalized spacial score (nSPS) is 30.7. The van der Waals surface area contributed by atoms with Crippen molar-refractivity contribution >= 4 is 0 Å². The van der Waals surface area contributed by atoms with Crippen LogP contribution < -0.4 is 5.73 Å². The van der Waals surface area contributed by atoms with E-state index in [4.69, 9.17) is 5.73 Å². The van der Waals surface area contributed by atoms with E-state index in [0.717, 1.165) is 11.8 Å². The Morgan fingerprint density at radius 2 is 2.08 bits per heavy atom. The monoisotopic (exact) mass is 183 g/mol. The molecule has 1 aliphatic rings. The fraction of sp³-hybridized carbons (Fsp3) is 1.00. The van der Waals surface area contributed by atoms with Gasteiger partial charge in [0.2, 0.25) is 0 Å². The van der Waals surface area contributed by atoms with E-state index in [1.165, 1.54) is 44.9 Å². The van der Waals surface area contributed by atoms with Crippen molar-refractivity contribution in [1.82, 2.24) is 0 Å². The lowest BCUT2D eigenvalue weighted by atomic mass is 9.98. The predicted molar refractivity (Wildman–Crippen MR) is 58.6 cm³/mol. The van der Waals surface area contributed by atoms with Crippen LogP contribution in [-0.2, 0) is 0 Å². The number of hydrogen-bond acceptors (Lipinski definition) is 1. The lowest BCUT2D eigenvalue weighted by Gasteiger charge is -2.09. The zero-order chi connectivity index (χ0) is 9.68. The summed E-state index contributed by atoms with van der Waals surface area (Å²) in [5.74, 6) is 2.04. The lowest BCUT2D eigenvalue weighted by Crippen LogP contribution is -2.14. The summed E-state index contributed by atoms with van der Waals surface area (Å²) in [7, 11) is 0. The summed E-state index contributed by atoms with van der Waals surface area (Å²) in [5.41, 5.74) is 5.71. The Balaban J connectivity index is 1.94. The highest BCUT2D eigenvalue weighted by molar-refractivity contribution is 4.72. The SMILES string of the molecule is C[C@H]1CCC(CCCC[C@@H](C)N)C1. The average molecular weight is 183 g/mol. The molecule has 0 aliphatic heterocycles. The molecule has 1 nitrogen and oxygen atoms in total. The largest absolute Gasteiger partial charge is 0.328 e. The van der Waals surface area contributed by atoms with Gasteiger partial charge in [-0.1, -0.05) is 39.0 Å². The van der Waals surface area contributed by atoms with Gasteiger partial charge in [0.25, 0.3) is 0 Å². The van der Waals surface area contributed by atoms with Gasteiger partial charge in [-0.2, -0.15) is 0 Å². The molecule has 2 N–H and O–H groups in total. The summed E-state index contributed by atoms with van der Waals surface area (Å²) in [6.45, 7) is 4.50. The van der Waals surface area contributed by atoms with Gasteiger partial charge in [-0.3, -0.25) is 0 Å². The minimum Gasteiger partial charge on any atom is -0.328 e. The van der Waals surface area contributed by atoms with Crippen LogP contribution >= 0.6 is 0 Å². The van der Waals surface area contributed by atoms with Crippen molar-refractivity contribution in [3.8, 4) is 0 Å². The summed E-state index contributed by atoms with van der Waals surface area (Å²) in [4.78, 5) is 0. The Hall–Kier alpha value is -0.0400. The fourth-order valence-corrected chi connectivity index (χ4v) is 2.49. The van der Waals surface area contributed by atoms with Gasteiger partial charge >= 0.3 is 0 Å². The molecule has 0 bridgehead atoms. The molecule has 0 heterocycles. The highest BCUT2D eigenvalue weighted by atomic mass is 14.6. The van der Waals surface area contributed by atoms with Crippen LogP contribution in [0.15, 0.2) is 0 Å². The van der Waals surface area contributed by atoms with Crippen molar-refractivity contribution in [2.24, 2.45) is 17.6 Å². The molecule has 0 aromatic carbocycles. The van der Waals surface area contributed by atoms with Crippen LogP contribution in [0.1, 0.15) is 58.8 Å². The molecule has 3 atom stereocenters. The average Bonchev–Trinajstić information content (AvgIpc) is 2.45. The highest BCUT2D eigenvalue weighted by Gasteiger charge is 2.20. The summed E-state index contributed by atoms with van der Waals surface area (Å²) < 4.78 is 0. The number of nitrogens with two attached hydrogens (primary N) is 1. The molecule has 1 rings (SSSR count). The Morgan fingerprint density at radius 3 is 2.62 bits per heavy atom. The van der Waals surface area contributed by atoms with E-state index in [1.807, 2.05) is 0 Å². The van der Waals surface area contributed by atoms with E-state index in [0.29, 0.717) is 6.04 Å². The summed E-state index contributed by atoms with van der Waals surface area (Å²) in [6.07, 6.45) is 9.84. The van der Waals surface area contributed by atoms with Crippen LogP contribution in [0, 0.1) is 11.8 Å². The quantitative estimate of drug-likeness (QED) is 0.650. The third-order valence-electron chi connectivity index (χ3n) is 3.33. The van der Waals surface area contributed by atoms with E-state index in [-0.39, 0.29) is 0 Å². The molecule has 0 saturated heterocycles. The topological polar surface area (TPSA) is 26.0 Å². The first-order chi connectivity index (χ1) is 6.18. The van der Waals surface area contributed by atoms with Gasteiger partial charge < -0.3 is 5.73 Å². The van der Waals surface area contributed by atoms with Gasteiger partial charge in [0.1, 0.15) is 0 Å². The molecule has 1 heteroatoms. The third kappa shape index (κ3) is 4.66.